The Labute approximate surface area is 109 Å². The third-order valence-electron chi connectivity index (χ3n) is 1.28. The van der Waals surface area contributed by atoms with Gasteiger partial charge in [0, 0.05) is 0 Å². The van der Waals surface area contributed by atoms with Gasteiger partial charge in [-0.05, 0) is 0 Å². The van der Waals surface area contributed by atoms with Crippen LogP contribution in [0.2, 0.25) is 0 Å². The monoisotopic (exact) mass is 260 g/mol. The number of alkyl halides is 3. The topological polar surface area (TPSA) is 54.4 Å². The standard InChI is InChI=1S/C8H7.CHF3O3S.Li/c1-2-8-6-4-3-5-7-8;2-1(3,4)8(5,6)7;/h1-7H;(H,5,6,7);/q-1;;+1. The Morgan fingerprint density at radius 1 is 1.18 bits per heavy atom. The average Bonchev–Trinajstić information content (AvgIpc) is 2.17. The Balaban J connectivity index is 0. The molecule has 0 fully saturated rings. The van der Waals surface area contributed by atoms with Crippen molar-refractivity contribution in [2.45, 2.75) is 5.51 Å². The zero-order valence-corrected chi connectivity index (χ0v) is 9.66. The van der Waals surface area contributed by atoms with Crippen molar-refractivity contribution in [2.24, 2.45) is 0 Å². The average molecular weight is 260 g/mol. The van der Waals surface area contributed by atoms with Crippen LogP contribution in [-0.2, 0) is 10.1 Å². The fraction of sp³-hybridized carbons (Fsp3) is 0.111. The summed E-state index contributed by atoms with van der Waals surface area (Å²) in [6.07, 6.45) is 1.58. The van der Waals surface area contributed by atoms with Crippen LogP contribution in [0.3, 0.4) is 0 Å². The van der Waals surface area contributed by atoms with Crippen LogP contribution in [0.15, 0.2) is 30.3 Å². The summed E-state index contributed by atoms with van der Waals surface area (Å²) in [5.74, 6) is 0. The van der Waals surface area contributed by atoms with Crippen molar-refractivity contribution < 1.29 is 45.0 Å². The van der Waals surface area contributed by atoms with Crippen molar-refractivity contribution in [2.75, 3.05) is 0 Å². The summed E-state index contributed by atoms with van der Waals surface area (Å²) in [6, 6.07) is 9.80. The molecule has 0 aliphatic heterocycles. The molecule has 90 valence electrons. The predicted octanol–water partition coefficient (Wildman–Crippen LogP) is -0.469. The molecular formula is C9H8F3LiO3S. The molecule has 0 unspecified atom stereocenters. The molecule has 0 atom stereocenters. The SMILES string of the molecule is O=S(=O)(O)C(F)(F)F.[CH-]=Cc1ccccc1.[Li+]. The molecule has 0 saturated carbocycles. The summed E-state index contributed by atoms with van der Waals surface area (Å²) in [5.41, 5.74) is -4.47. The van der Waals surface area contributed by atoms with E-state index in [4.69, 9.17) is 19.5 Å². The minimum atomic E-state index is -5.84. The van der Waals surface area contributed by atoms with Gasteiger partial charge < -0.3 is 0 Å². The second-order valence-electron chi connectivity index (χ2n) is 2.50. The van der Waals surface area contributed by atoms with Gasteiger partial charge in [-0.2, -0.15) is 27.2 Å². The van der Waals surface area contributed by atoms with Crippen LogP contribution in [0.25, 0.3) is 6.08 Å². The molecule has 0 heterocycles. The van der Waals surface area contributed by atoms with Gasteiger partial charge in [0.2, 0.25) is 0 Å². The van der Waals surface area contributed by atoms with E-state index in [1.807, 2.05) is 30.3 Å². The molecule has 0 saturated heterocycles. The Bertz CT molecular complexity index is 429. The zero-order chi connectivity index (χ0) is 12.8. The fourth-order valence-corrected chi connectivity index (χ4v) is 0.564. The summed E-state index contributed by atoms with van der Waals surface area (Å²) < 4.78 is 57.5. The molecule has 3 nitrogen and oxygen atoms in total. The van der Waals surface area contributed by atoms with Crippen molar-refractivity contribution in [1.29, 1.82) is 0 Å². The molecule has 8 heteroatoms. The van der Waals surface area contributed by atoms with Crippen molar-refractivity contribution in [3.05, 3.63) is 42.5 Å². The molecule has 0 aliphatic carbocycles. The summed E-state index contributed by atoms with van der Waals surface area (Å²) in [5, 5.41) is 0. The summed E-state index contributed by atoms with van der Waals surface area (Å²) in [6.45, 7) is 5.22. The molecule has 1 aromatic carbocycles. The van der Waals surface area contributed by atoms with Gasteiger partial charge >= 0.3 is 34.5 Å². The van der Waals surface area contributed by atoms with E-state index in [0.717, 1.165) is 5.56 Å². The van der Waals surface area contributed by atoms with Gasteiger partial charge in [0.15, 0.2) is 0 Å². The van der Waals surface area contributed by atoms with Gasteiger partial charge in [-0.3, -0.25) is 11.1 Å². The molecule has 0 amide bonds. The van der Waals surface area contributed by atoms with Crippen LogP contribution < -0.4 is 18.9 Å². The molecule has 1 N–H and O–H groups in total. The smallest absolute Gasteiger partial charge is 0.292 e. The van der Waals surface area contributed by atoms with Gasteiger partial charge in [0.05, 0.1) is 0 Å². The number of rotatable bonds is 1. The summed E-state index contributed by atoms with van der Waals surface area (Å²) in [4.78, 5) is 0. The van der Waals surface area contributed by atoms with Crippen molar-refractivity contribution in [1.82, 2.24) is 0 Å². The van der Waals surface area contributed by atoms with Crippen molar-refractivity contribution in [3.8, 4) is 0 Å². The minimum absolute atomic E-state index is 0. The number of halogens is 3. The number of hydrogen-bond acceptors (Lipinski definition) is 2. The fourth-order valence-electron chi connectivity index (χ4n) is 0.564. The van der Waals surface area contributed by atoms with Crippen LogP contribution in [0.4, 0.5) is 13.2 Å². The van der Waals surface area contributed by atoms with E-state index in [9.17, 15) is 13.2 Å². The van der Waals surface area contributed by atoms with Crippen LogP contribution in [-0.4, -0.2) is 18.5 Å². The van der Waals surface area contributed by atoms with E-state index in [-0.39, 0.29) is 18.9 Å². The Morgan fingerprint density at radius 2 is 1.53 bits per heavy atom. The van der Waals surface area contributed by atoms with Crippen LogP contribution in [0.1, 0.15) is 5.56 Å². The molecule has 0 aliphatic rings. The first-order valence-corrected chi connectivity index (χ1v) is 5.26. The molecule has 0 radical (unpaired) electrons. The van der Waals surface area contributed by atoms with Crippen molar-refractivity contribution in [3.63, 3.8) is 0 Å². The van der Waals surface area contributed by atoms with E-state index in [0.29, 0.717) is 0 Å². The Kier molecular flexibility index (Phi) is 8.28. The van der Waals surface area contributed by atoms with Crippen molar-refractivity contribution >= 4 is 16.2 Å². The minimum Gasteiger partial charge on any atom is -0.292 e. The third kappa shape index (κ3) is 8.04. The van der Waals surface area contributed by atoms with Gasteiger partial charge in [-0.15, -0.1) is 12.1 Å². The van der Waals surface area contributed by atoms with E-state index >= 15 is 0 Å². The molecule has 17 heavy (non-hydrogen) atoms. The predicted molar refractivity (Wildman–Crippen MR) is 52.8 cm³/mol. The second kappa shape index (κ2) is 7.56. The molecule has 0 bridgehead atoms. The van der Waals surface area contributed by atoms with Gasteiger partial charge in [0.25, 0.3) is 0 Å². The molecule has 1 rings (SSSR count). The second-order valence-corrected chi connectivity index (χ2v) is 3.91. The first-order chi connectivity index (χ1) is 7.18. The largest absolute Gasteiger partial charge is 1.00 e. The maximum absolute atomic E-state index is 10.7. The van der Waals surface area contributed by atoms with Gasteiger partial charge in [0.1, 0.15) is 0 Å². The first-order valence-electron chi connectivity index (χ1n) is 3.82. The van der Waals surface area contributed by atoms with E-state index in [1.54, 1.807) is 6.08 Å². The van der Waals surface area contributed by atoms with Gasteiger partial charge in [-0.25, -0.2) is 6.08 Å². The summed E-state index contributed by atoms with van der Waals surface area (Å²) >= 11 is 0. The Morgan fingerprint density at radius 3 is 1.71 bits per heavy atom. The van der Waals surface area contributed by atoms with Crippen LogP contribution >= 0.6 is 0 Å². The van der Waals surface area contributed by atoms with E-state index < -0.39 is 15.6 Å². The maximum atomic E-state index is 10.7. The molecular weight excluding hydrogens is 252 g/mol. The molecule has 0 aromatic heterocycles. The maximum Gasteiger partial charge on any atom is 1.00 e. The first kappa shape index (κ1) is 18.6. The van der Waals surface area contributed by atoms with Crippen LogP contribution in [0, 0.1) is 6.58 Å². The van der Waals surface area contributed by atoms with Crippen LogP contribution in [0.5, 0.6) is 0 Å². The quantitative estimate of drug-likeness (QED) is 0.321. The zero-order valence-electron chi connectivity index (χ0n) is 8.85. The Hall–Kier alpha value is -0.743. The molecule has 1 aromatic rings. The van der Waals surface area contributed by atoms with E-state index in [1.165, 1.54) is 0 Å². The molecule has 0 spiro atoms. The number of hydrogen-bond donors (Lipinski definition) is 1. The number of benzene rings is 1. The summed E-state index contributed by atoms with van der Waals surface area (Å²) in [7, 11) is -5.84. The van der Waals surface area contributed by atoms with Gasteiger partial charge in [-0.1, -0.05) is 18.2 Å². The normalized spacial score (nSPS) is 10.6. The third-order valence-corrected chi connectivity index (χ3v) is 1.87. The van der Waals surface area contributed by atoms with E-state index in [2.05, 4.69) is 0 Å².